The van der Waals surface area contributed by atoms with Crippen LogP contribution in [0.1, 0.15) is 79.1 Å². The number of ether oxygens (including phenoxy) is 1. The maximum atomic E-state index is 12.8. The second kappa shape index (κ2) is 11.3. The van der Waals surface area contributed by atoms with Crippen molar-refractivity contribution in [3.63, 3.8) is 0 Å². The van der Waals surface area contributed by atoms with Crippen LogP contribution in [0.2, 0.25) is 0 Å². The number of hydrogen-bond donors (Lipinski definition) is 0. The summed E-state index contributed by atoms with van der Waals surface area (Å²) < 4.78 is 67.3. The first-order valence-electron chi connectivity index (χ1n) is 9.09. The molecule has 0 heterocycles. The molecule has 0 aliphatic carbocycles. The van der Waals surface area contributed by atoms with E-state index < -0.39 is 24.1 Å². The molecule has 2 nitrogen and oxygen atoms in total. The molecule has 1 atom stereocenters. The third-order valence-corrected chi connectivity index (χ3v) is 4.96. The van der Waals surface area contributed by atoms with E-state index in [4.69, 9.17) is 4.74 Å². The summed E-state index contributed by atoms with van der Waals surface area (Å²) >= 11 is 1.40. The van der Waals surface area contributed by atoms with Gasteiger partial charge in [-0.3, -0.25) is 4.79 Å². The predicted molar refractivity (Wildman–Crippen MR) is 95.7 cm³/mol. The Bertz CT molecular complexity index is 405. The highest BCUT2D eigenvalue weighted by Crippen LogP contribution is 2.39. The molecule has 0 amide bonds. The predicted octanol–water partition coefficient (Wildman–Crippen LogP) is 6.77. The largest absolute Gasteiger partial charge is 0.459 e. The van der Waals surface area contributed by atoms with Gasteiger partial charge in [0.05, 0.1) is 0 Å². The number of thioether (sulfide) groups is 1. The van der Waals surface area contributed by atoms with E-state index >= 15 is 0 Å². The van der Waals surface area contributed by atoms with Gasteiger partial charge >= 0.3 is 18.1 Å². The molecule has 0 aromatic carbocycles. The van der Waals surface area contributed by atoms with Gasteiger partial charge in [0.15, 0.2) is 0 Å². The van der Waals surface area contributed by atoms with Crippen molar-refractivity contribution in [2.45, 2.75) is 102 Å². The van der Waals surface area contributed by atoms with Crippen molar-refractivity contribution < 1.29 is 31.5 Å². The Kier molecular flexibility index (Phi) is 11.1. The molecule has 26 heavy (non-hydrogen) atoms. The van der Waals surface area contributed by atoms with E-state index in [-0.39, 0.29) is 24.1 Å². The lowest BCUT2D eigenvalue weighted by atomic mass is 10.1. The summed E-state index contributed by atoms with van der Waals surface area (Å²) in [6, 6.07) is 0. The van der Waals surface area contributed by atoms with Gasteiger partial charge in [0.1, 0.15) is 10.9 Å². The highest BCUT2D eigenvalue weighted by Gasteiger charge is 2.56. The Hall–Kier alpha value is -0.530. The molecule has 0 saturated heterocycles. The van der Waals surface area contributed by atoms with Crippen molar-refractivity contribution in [2.24, 2.45) is 0 Å². The summed E-state index contributed by atoms with van der Waals surface area (Å²) in [4.78, 5) is 12.2. The number of carbonyl (C=O) groups excluding carboxylic acids is 1. The zero-order valence-electron chi connectivity index (χ0n) is 16.1. The van der Waals surface area contributed by atoms with Crippen LogP contribution in [0, 0.1) is 0 Å². The van der Waals surface area contributed by atoms with Crippen LogP contribution in [0.3, 0.4) is 0 Å². The van der Waals surface area contributed by atoms with Crippen molar-refractivity contribution in [3.8, 4) is 0 Å². The van der Waals surface area contributed by atoms with Gasteiger partial charge in [-0.1, -0.05) is 32.6 Å². The molecule has 0 bridgehead atoms. The monoisotopic (exact) mass is 406 g/mol. The third kappa shape index (κ3) is 11.2. The molecule has 0 aromatic rings. The maximum Gasteiger partial charge on any atom is 0.453 e. The molecule has 0 N–H and O–H groups in total. The minimum absolute atomic E-state index is 0.194. The Morgan fingerprint density at radius 3 is 2.08 bits per heavy atom. The summed E-state index contributed by atoms with van der Waals surface area (Å²) in [5.74, 6) is -4.38. The molecule has 0 aromatic heterocycles. The first-order chi connectivity index (χ1) is 11.8. The zero-order chi connectivity index (χ0) is 20.4. The quantitative estimate of drug-likeness (QED) is 0.203. The highest BCUT2D eigenvalue weighted by molar-refractivity contribution is 8.00. The number of alkyl halides is 5. The van der Waals surface area contributed by atoms with Crippen LogP contribution in [-0.4, -0.2) is 34.7 Å². The Labute approximate surface area is 157 Å². The van der Waals surface area contributed by atoms with Crippen molar-refractivity contribution in [3.05, 3.63) is 0 Å². The molecule has 0 aliphatic rings. The van der Waals surface area contributed by atoms with Crippen LogP contribution >= 0.6 is 11.8 Å². The number of hydrogen-bond acceptors (Lipinski definition) is 3. The van der Waals surface area contributed by atoms with Gasteiger partial charge in [-0.2, -0.15) is 22.0 Å². The fourth-order valence-corrected chi connectivity index (χ4v) is 3.38. The van der Waals surface area contributed by atoms with Crippen molar-refractivity contribution in [1.29, 1.82) is 0 Å². The van der Waals surface area contributed by atoms with Crippen molar-refractivity contribution >= 4 is 17.7 Å². The molecule has 0 rings (SSSR count). The fourth-order valence-electron chi connectivity index (χ4n) is 2.21. The second-order valence-corrected chi connectivity index (χ2v) is 8.71. The van der Waals surface area contributed by atoms with Gasteiger partial charge in [-0.15, -0.1) is 11.8 Å². The minimum atomic E-state index is -5.48. The molecular weight excluding hydrogens is 375 g/mol. The molecule has 0 saturated carbocycles. The summed E-state index contributed by atoms with van der Waals surface area (Å²) in [7, 11) is 0. The standard InChI is InChI=1S/C18H31F5O2S/c1-5-6-8-11-14(15(24)25-16(2,3)4)26-13-10-7-9-12-17(19,20)18(21,22)23/h14H,5-13H2,1-4H3. The van der Waals surface area contributed by atoms with Gasteiger partial charge in [-0.25, -0.2) is 0 Å². The number of halogens is 5. The Morgan fingerprint density at radius 2 is 1.58 bits per heavy atom. The first kappa shape index (κ1) is 25.5. The van der Waals surface area contributed by atoms with E-state index in [1.54, 1.807) is 20.8 Å². The molecule has 156 valence electrons. The average Bonchev–Trinajstić information content (AvgIpc) is 2.45. The second-order valence-electron chi connectivity index (χ2n) is 7.40. The molecule has 0 fully saturated rings. The molecular formula is C18H31F5O2S. The molecule has 0 spiro atoms. The van der Waals surface area contributed by atoms with Gasteiger partial charge in [0.2, 0.25) is 0 Å². The number of esters is 1. The minimum Gasteiger partial charge on any atom is -0.459 e. The van der Waals surface area contributed by atoms with E-state index in [2.05, 4.69) is 6.92 Å². The zero-order valence-corrected chi connectivity index (χ0v) is 16.9. The normalized spacial score (nSPS) is 14.3. The van der Waals surface area contributed by atoms with Gasteiger partial charge < -0.3 is 4.74 Å². The lowest BCUT2D eigenvalue weighted by Gasteiger charge is -2.24. The summed E-state index contributed by atoms with van der Waals surface area (Å²) in [6.07, 6.45) is -2.49. The Balaban J connectivity index is 4.26. The van der Waals surface area contributed by atoms with Crippen LogP contribution < -0.4 is 0 Å². The van der Waals surface area contributed by atoms with Crippen molar-refractivity contribution in [1.82, 2.24) is 0 Å². The Morgan fingerprint density at radius 1 is 0.962 bits per heavy atom. The number of unbranched alkanes of at least 4 members (excludes halogenated alkanes) is 4. The average molecular weight is 407 g/mol. The maximum absolute atomic E-state index is 12.8. The lowest BCUT2D eigenvalue weighted by molar-refractivity contribution is -0.284. The van der Waals surface area contributed by atoms with Crippen LogP contribution in [0.25, 0.3) is 0 Å². The molecule has 0 radical (unpaired) electrons. The van der Waals surface area contributed by atoms with Gasteiger partial charge in [0.25, 0.3) is 0 Å². The molecule has 0 aliphatic heterocycles. The fraction of sp³-hybridized carbons (Fsp3) is 0.944. The topological polar surface area (TPSA) is 26.3 Å². The smallest absolute Gasteiger partial charge is 0.453 e. The summed E-state index contributed by atoms with van der Waals surface area (Å²) in [5, 5.41) is -0.322. The van der Waals surface area contributed by atoms with E-state index in [1.807, 2.05) is 0 Å². The van der Waals surface area contributed by atoms with Gasteiger partial charge in [0, 0.05) is 6.42 Å². The summed E-state index contributed by atoms with van der Waals surface area (Å²) in [6.45, 7) is 7.44. The third-order valence-electron chi connectivity index (χ3n) is 3.61. The van der Waals surface area contributed by atoms with E-state index in [9.17, 15) is 26.7 Å². The number of rotatable bonds is 12. The van der Waals surface area contributed by atoms with E-state index in [0.29, 0.717) is 18.6 Å². The van der Waals surface area contributed by atoms with Crippen LogP contribution in [0.5, 0.6) is 0 Å². The summed E-state index contributed by atoms with van der Waals surface area (Å²) in [5.41, 5.74) is -0.580. The van der Waals surface area contributed by atoms with Gasteiger partial charge in [-0.05, 0) is 45.8 Å². The highest BCUT2D eigenvalue weighted by atomic mass is 32.2. The van der Waals surface area contributed by atoms with Crippen LogP contribution in [0.15, 0.2) is 0 Å². The van der Waals surface area contributed by atoms with E-state index in [1.165, 1.54) is 11.8 Å². The molecule has 1 unspecified atom stereocenters. The van der Waals surface area contributed by atoms with E-state index in [0.717, 1.165) is 19.3 Å². The SMILES string of the molecule is CCCCCC(SCCCCCC(F)(F)C(F)(F)F)C(=O)OC(C)(C)C. The van der Waals surface area contributed by atoms with Crippen LogP contribution in [0.4, 0.5) is 22.0 Å². The number of carbonyl (C=O) groups is 1. The lowest BCUT2D eigenvalue weighted by Crippen LogP contribution is -2.36. The van der Waals surface area contributed by atoms with Crippen molar-refractivity contribution in [2.75, 3.05) is 5.75 Å². The first-order valence-corrected chi connectivity index (χ1v) is 10.1. The molecule has 8 heteroatoms. The van der Waals surface area contributed by atoms with Crippen LogP contribution in [-0.2, 0) is 9.53 Å².